The highest BCUT2D eigenvalue weighted by Gasteiger charge is 2.40. The van der Waals surface area contributed by atoms with Gasteiger partial charge in [-0.2, -0.15) is 0 Å². The van der Waals surface area contributed by atoms with Crippen LogP contribution in [0, 0.1) is 17.8 Å². The molecule has 2 aliphatic carbocycles. The number of piperazine rings is 1. The Bertz CT molecular complexity index is 361. The Morgan fingerprint density at radius 2 is 1.95 bits per heavy atom. The highest BCUT2D eigenvalue weighted by atomic mass is 16.2. The van der Waals surface area contributed by atoms with Crippen molar-refractivity contribution in [2.75, 3.05) is 32.7 Å². The standard InChI is InChI=1S/C17H31N3O/c1-2-16(12-18)19-5-7-20(8-6-19)17(21)11-15-10-13-3-4-14(15)9-13/h13-16H,2-12,18H2,1H3. The molecule has 0 aromatic carbocycles. The SMILES string of the molecule is CCC(CN)N1CCN(C(=O)CC2CC3CCC2C3)CC1. The first-order chi connectivity index (χ1) is 10.2. The lowest BCUT2D eigenvalue weighted by molar-refractivity contribution is -0.134. The second-order valence-electron chi connectivity index (χ2n) is 7.35. The van der Waals surface area contributed by atoms with Crippen molar-refractivity contribution in [1.82, 2.24) is 9.80 Å². The van der Waals surface area contributed by atoms with E-state index < -0.39 is 0 Å². The molecule has 0 spiro atoms. The number of nitrogens with zero attached hydrogens (tertiary/aromatic N) is 2. The number of nitrogens with two attached hydrogens (primary N) is 1. The molecule has 4 atom stereocenters. The number of carbonyl (C=O) groups is 1. The van der Waals surface area contributed by atoms with E-state index in [-0.39, 0.29) is 0 Å². The first-order valence-corrected chi connectivity index (χ1v) is 8.93. The van der Waals surface area contributed by atoms with Crippen LogP contribution >= 0.6 is 0 Å². The largest absolute Gasteiger partial charge is 0.340 e. The van der Waals surface area contributed by atoms with Gasteiger partial charge in [0.05, 0.1) is 0 Å². The van der Waals surface area contributed by atoms with Crippen LogP contribution in [0.1, 0.15) is 45.4 Å². The van der Waals surface area contributed by atoms with Gasteiger partial charge < -0.3 is 10.6 Å². The Labute approximate surface area is 129 Å². The van der Waals surface area contributed by atoms with Crippen molar-refractivity contribution in [2.24, 2.45) is 23.5 Å². The fourth-order valence-electron chi connectivity index (χ4n) is 4.89. The highest BCUT2D eigenvalue weighted by Crippen LogP contribution is 2.49. The third-order valence-corrected chi connectivity index (χ3v) is 6.25. The second-order valence-corrected chi connectivity index (χ2v) is 7.35. The van der Waals surface area contributed by atoms with Crippen molar-refractivity contribution in [3.05, 3.63) is 0 Å². The molecule has 3 fully saturated rings. The van der Waals surface area contributed by atoms with E-state index in [1.54, 1.807) is 0 Å². The van der Waals surface area contributed by atoms with E-state index in [2.05, 4.69) is 16.7 Å². The number of fused-ring (bicyclic) bond motifs is 2. The summed E-state index contributed by atoms with van der Waals surface area (Å²) in [4.78, 5) is 17.1. The number of hydrogen-bond acceptors (Lipinski definition) is 3. The van der Waals surface area contributed by atoms with Crippen LogP contribution in [0.3, 0.4) is 0 Å². The Kier molecular flexibility index (Phi) is 4.85. The maximum atomic E-state index is 12.5. The third-order valence-electron chi connectivity index (χ3n) is 6.25. The minimum Gasteiger partial charge on any atom is -0.340 e. The van der Waals surface area contributed by atoms with E-state index in [9.17, 15) is 4.79 Å². The Balaban J connectivity index is 1.45. The summed E-state index contributed by atoms with van der Waals surface area (Å²) in [7, 11) is 0. The molecule has 120 valence electrons. The van der Waals surface area contributed by atoms with E-state index in [1.165, 1.54) is 25.7 Å². The maximum absolute atomic E-state index is 12.5. The van der Waals surface area contributed by atoms with Gasteiger partial charge in [0, 0.05) is 45.2 Å². The predicted molar refractivity (Wildman–Crippen MR) is 84.8 cm³/mol. The molecule has 0 aromatic heterocycles. The van der Waals surface area contributed by atoms with E-state index in [4.69, 9.17) is 5.73 Å². The van der Waals surface area contributed by atoms with Gasteiger partial charge >= 0.3 is 0 Å². The van der Waals surface area contributed by atoms with Crippen molar-refractivity contribution >= 4 is 5.91 Å². The van der Waals surface area contributed by atoms with Crippen molar-refractivity contribution in [3.8, 4) is 0 Å². The van der Waals surface area contributed by atoms with Crippen LogP contribution in [0.5, 0.6) is 0 Å². The number of hydrogen-bond donors (Lipinski definition) is 1. The van der Waals surface area contributed by atoms with Gasteiger partial charge in [-0.05, 0) is 43.4 Å². The molecular formula is C17H31N3O. The number of rotatable bonds is 5. The zero-order chi connectivity index (χ0) is 14.8. The molecule has 1 aliphatic heterocycles. The molecule has 4 heteroatoms. The van der Waals surface area contributed by atoms with Crippen LogP contribution < -0.4 is 5.73 Å². The van der Waals surface area contributed by atoms with Gasteiger partial charge in [-0.15, -0.1) is 0 Å². The van der Waals surface area contributed by atoms with E-state index in [1.807, 2.05) is 0 Å². The van der Waals surface area contributed by atoms with Gasteiger partial charge in [0.2, 0.25) is 5.91 Å². The van der Waals surface area contributed by atoms with Crippen LogP contribution in [-0.4, -0.2) is 54.5 Å². The summed E-state index contributed by atoms with van der Waals surface area (Å²) in [5.41, 5.74) is 5.83. The van der Waals surface area contributed by atoms with Gasteiger partial charge in [-0.25, -0.2) is 0 Å². The van der Waals surface area contributed by atoms with E-state index in [0.29, 0.717) is 17.9 Å². The molecule has 0 radical (unpaired) electrons. The highest BCUT2D eigenvalue weighted by molar-refractivity contribution is 5.76. The van der Waals surface area contributed by atoms with Gasteiger partial charge in [-0.1, -0.05) is 13.3 Å². The minimum absolute atomic E-state index is 0.410. The molecule has 1 amide bonds. The summed E-state index contributed by atoms with van der Waals surface area (Å²) in [6, 6.07) is 0.493. The van der Waals surface area contributed by atoms with Crippen LogP contribution in [0.15, 0.2) is 0 Å². The summed E-state index contributed by atoms with van der Waals surface area (Å²) in [6.45, 7) is 6.72. The quantitative estimate of drug-likeness (QED) is 0.839. The van der Waals surface area contributed by atoms with Crippen LogP contribution in [0.2, 0.25) is 0 Å². The van der Waals surface area contributed by atoms with Crippen LogP contribution in [0.4, 0.5) is 0 Å². The summed E-state index contributed by atoms with van der Waals surface area (Å²) < 4.78 is 0. The fourth-order valence-corrected chi connectivity index (χ4v) is 4.89. The molecule has 21 heavy (non-hydrogen) atoms. The first-order valence-electron chi connectivity index (χ1n) is 8.93. The molecule has 0 aromatic rings. The van der Waals surface area contributed by atoms with Gasteiger partial charge in [0.1, 0.15) is 0 Å². The predicted octanol–water partition coefficient (Wildman–Crippen LogP) is 1.69. The van der Waals surface area contributed by atoms with E-state index in [0.717, 1.165) is 57.4 Å². The lowest BCUT2D eigenvalue weighted by Crippen LogP contribution is -2.53. The van der Waals surface area contributed by atoms with Gasteiger partial charge in [-0.3, -0.25) is 9.69 Å². The van der Waals surface area contributed by atoms with Crippen molar-refractivity contribution in [3.63, 3.8) is 0 Å². The van der Waals surface area contributed by atoms with Crippen LogP contribution in [0.25, 0.3) is 0 Å². The average Bonchev–Trinajstić information content (AvgIpc) is 3.12. The zero-order valence-electron chi connectivity index (χ0n) is 13.5. The minimum atomic E-state index is 0.410. The molecule has 2 bridgehead atoms. The summed E-state index contributed by atoms with van der Waals surface area (Å²) in [5.74, 6) is 2.91. The summed E-state index contributed by atoms with van der Waals surface area (Å²) >= 11 is 0. The average molecular weight is 293 g/mol. The van der Waals surface area contributed by atoms with Gasteiger partial charge in [0.15, 0.2) is 0 Å². The molecule has 1 saturated heterocycles. The van der Waals surface area contributed by atoms with Crippen molar-refractivity contribution in [1.29, 1.82) is 0 Å². The number of carbonyl (C=O) groups excluding carboxylic acids is 1. The summed E-state index contributed by atoms with van der Waals surface area (Å²) in [6.07, 6.45) is 7.45. The molecule has 3 rings (SSSR count). The Morgan fingerprint density at radius 3 is 2.48 bits per heavy atom. The van der Waals surface area contributed by atoms with Gasteiger partial charge in [0.25, 0.3) is 0 Å². The normalized spacial score (nSPS) is 34.4. The smallest absolute Gasteiger partial charge is 0.222 e. The molecule has 3 aliphatic rings. The lowest BCUT2D eigenvalue weighted by atomic mass is 9.86. The topological polar surface area (TPSA) is 49.6 Å². The van der Waals surface area contributed by atoms with Crippen LogP contribution in [-0.2, 0) is 4.79 Å². The maximum Gasteiger partial charge on any atom is 0.222 e. The van der Waals surface area contributed by atoms with E-state index >= 15 is 0 Å². The summed E-state index contributed by atoms with van der Waals surface area (Å²) in [5, 5.41) is 0. The number of amides is 1. The molecule has 4 nitrogen and oxygen atoms in total. The molecule has 4 unspecified atom stereocenters. The molecule has 2 N–H and O–H groups in total. The van der Waals surface area contributed by atoms with Crippen molar-refractivity contribution < 1.29 is 4.79 Å². The molecule has 2 saturated carbocycles. The molecule has 1 heterocycles. The zero-order valence-corrected chi connectivity index (χ0v) is 13.5. The fraction of sp³-hybridized carbons (Fsp3) is 0.941. The Morgan fingerprint density at radius 1 is 1.19 bits per heavy atom. The Hall–Kier alpha value is -0.610. The van der Waals surface area contributed by atoms with Crippen molar-refractivity contribution in [2.45, 2.75) is 51.5 Å². The second kappa shape index (κ2) is 6.66. The first kappa shape index (κ1) is 15.3. The molecular weight excluding hydrogens is 262 g/mol. The third kappa shape index (κ3) is 3.26. The monoisotopic (exact) mass is 293 g/mol. The lowest BCUT2D eigenvalue weighted by Gasteiger charge is -2.39.